The van der Waals surface area contributed by atoms with Crippen molar-refractivity contribution in [2.75, 3.05) is 5.73 Å². The number of nitrogens with zero attached hydrogens (tertiary/aromatic N) is 4. The predicted octanol–water partition coefficient (Wildman–Crippen LogP) is 4.56. The summed E-state index contributed by atoms with van der Waals surface area (Å²) < 4.78 is 7.66. The molecule has 132 valence electrons. The van der Waals surface area contributed by atoms with E-state index >= 15 is 0 Å². The second-order valence-electron chi connectivity index (χ2n) is 6.15. The Labute approximate surface area is 156 Å². The molecule has 0 saturated carbocycles. The van der Waals surface area contributed by atoms with Crippen LogP contribution in [0.4, 0.5) is 5.82 Å². The van der Waals surface area contributed by atoms with E-state index in [2.05, 4.69) is 16.0 Å². The largest absolute Gasteiger partial charge is 0.457 e. The standard InChI is InChI=1S/C21H17N5O/c1-14(11-22)26-12-18(19-20(23)24-13-25-21(19)26)15-7-9-17(10-8-15)27-16-5-3-2-4-6-16/h2-10,12-14H,1H3,(H2,23,24,25). The first kappa shape index (κ1) is 16.6. The lowest BCUT2D eigenvalue weighted by Gasteiger charge is -2.06. The number of fused-ring (bicyclic) bond motifs is 1. The smallest absolute Gasteiger partial charge is 0.147 e. The molecule has 0 radical (unpaired) electrons. The molecule has 1 atom stereocenters. The van der Waals surface area contributed by atoms with Gasteiger partial charge in [0.2, 0.25) is 0 Å². The van der Waals surface area contributed by atoms with Crippen molar-refractivity contribution in [3.8, 4) is 28.7 Å². The number of benzene rings is 2. The summed E-state index contributed by atoms with van der Waals surface area (Å²) in [6.45, 7) is 1.82. The van der Waals surface area contributed by atoms with Gasteiger partial charge in [0.15, 0.2) is 0 Å². The Hall–Kier alpha value is -3.85. The van der Waals surface area contributed by atoms with Crippen molar-refractivity contribution in [1.82, 2.24) is 14.5 Å². The summed E-state index contributed by atoms with van der Waals surface area (Å²) in [7, 11) is 0. The van der Waals surface area contributed by atoms with E-state index in [-0.39, 0.29) is 6.04 Å². The number of hydrogen-bond donors (Lipinski definition) is 1. The van der Waals surface area contributed by atoms with Crippen molar-refractivity contribution in [3.05, 3.63) is 67.1 Å². The quantitative estimate of drug-likeness (QED) is 0.580. The van der Waals surface area contributed by atoms with Crippen molar-refractivity contribution < 1.29 is 4.74 Å². The van der Waals surface area contributed by atoms with Gasteiger partial charge >= 0.3 is 0 Å². The van der Waals surface area contributed by atoms with Gasteiger partial charge in [-0.3, -0.25) is 0 Å². The number of aromatic nitrogens is 3. The van der Waals surface area contributed by atoms with Crippen molar-refractivity contribution in [1.29, 1.82) is 5.26 Å². The van der Waals surface area contributed by atoms with Crippen LogP contribution in [0.2, 0.25) is 0 Å². The van der Waals surface area contributed by atoms with Gasteiger partial charge in [-0.05, 0) is 36.8 Å². The zero-order valence-corrected chi connectivity index (χ0v) is 14.7. The Kier molecular flexibility index (Phi) is 4.19. The first-order valence-electron chi connectivity index (χ1n) is 8.51. The molecule has 4 rings (SSSR count). The highest BCUT2D eigenvalue weighted by atomic mass is 16.5. The third-order valence-corrected chi connectivity index (χ3v) is 4.39. The monoisotopic (exact) mass is 355 g/mol. The molecule has 27 heavy (non-hydrogen) atoms. The summed E-state index contributed by atoms with van der Waals surface area (Å²) in [5.74, 6) is 1.91. The van der Waals surface area contributed by atoms with Crippen LogP contribution in [0.3, 0.4) is 0 Å². The van der Waals surface area contributed by atoms with E-state index in [0.29, 0.717) is 11.5 Å². The molecule has 0 aliphatic heterocycles. The third kappa shape index (κ3) is 3.07. The van der Waals surface area contributed by atoms with Crippen LogP contribution >= 0.6 is 0 Å². The average Bonchev–Trinajstić information content (AvgIpc) is 3.10. The van der Waals surface area contributed by atoms with Crippen molar-refractivity contribution in [2.45, 2.75) is 13.0 Å². The molecule has 0 spiro atoms. The molecule has 0 aliphatic rings. The van der Waals surface area contributed by atoms with Gasteiger partial charge in [-0.15, -0.1) is 0 Å². The number of nitriles is 1. The zero-order chi connectivity index (χ0) is 18.8. The fourth-order valence-corrected chi connectivity index (χ4v) is 3.01. The van der Waals surface area contributed by atoms with Gasteiger partial charge < -0.3 is 15.0 Å². The molecule has 2 aromatic heterocycles. The molecule has 0 amide bonds. The molecule has 6 heteroatoms. The van der Waals surface area contributed by atoms with Crippen LogP contribution in [0.25, 0.3) is 22.2 Å². The van der Waals surface area contributed by atoms with E-state index in [0.717, 1.165) is 28.0 Å². The maximum Gasteiger partial charge on any atom is 0.147 e. The van der Waals surface area contributed by atoms with Crippen LogP contribution in [0.1, 0.15) is 13.0 Å². The van der Waals surface area contributed by atoms with E-state index in [4.69, 9.17) is 10.5 Å². The van der Waals surface area contributed by atoms with Crippen LogP contribution in [-0.2, 0) is 0 Å². The Bertz CT molecular complexity index is 1130. The minimum atomic E-state index is -0.365. The van der Waals surface area contributed by atoms with E-state index in [1.54, 1.807) is 0 Å². The first-order chi connectivity index (χ1) is 13.2. The van der Waals surface area contributed by atoms with Gasteiger partial charge in [0.25, 0.3) is 0 Å². The van der Waals surface area contributed by atoms with Gasteiger partial charge in [0, 0.05) is 11.8 Å². The zero-order valence-electron chi connectivity index (χ0n) is 14.7. The van der Waals surface area contributed by atoms with Crippen LogP contribution in [-0.4, -0.2) is 14.5 Å². The summed E-state index contributed by atoms with van der Waals surface area (Å²) in [5.41, 5.74) is 8.59. The molecule has 0 bridgehead atoms. The molecule has 1 unspecified atom stereocenters. The maximum atomic E-state index is 9.31. The average molecular weight is 355 g/mol. The fourth-order valence-electron chi connectivity index (χ4n) is 3.01. The molecule has 2 heterocycles. The maximum absolute atomic E-state index is 9.31. The molecular formula is C21H17N5O. The molecular weight excluding hydrogens is 338 g/mol. The highest BCUT2D eigenvalue weighted by Gasteiger charge is 2.17. The summed E-state index contributed by atoms with van der Waals surface area (Å²) in [4.78, 5) is 8.44. The topological polar surface area (TPSA) is 89.8 Å². The number of hydrogen-bond acceptors (Lipinski definition) is 5. The highest BCUT2D eigenvalue weighted by molar-refractivity contribution is 6.00. The van der Waals surface area contributed by atoms with Gasteiger partial charge in [-0.1, -0.05) is 30.3 Å². The third-order valence-electron chi connectivity index (χ3n) is 4.39. The van der Waals surface area contributed by atoms with Crippen molar-refractivity contribution in [2.24, 2.45) is 0 Å². The van der Waals surface area contributed by atoms with E-state index in [1.165, 1.54) is 6.33 Å². The molecule has 0 saturated heterocycles. The van der Waals surface area contributed by atoms with Crippen molar-refractivity contribution >= 4 is 16.9 Å². The molecule has 0 fully saturated rings. The summed E-state index contributed by atoms with van der Waals surface area (Å²) in [6.07, 6.45) is 3.31. The lowest BCUT2D eigenvalue weighted by atomic mass is 10.1. The minimum Gasteiger partial charge on any atom is -0.457 e. The Morgan fingerprint density at radius 1 is 1.04 bits per heavy atom. The molecule has 6 nitrogen and oxygen atoms in total. The Morgan fingerprint density at radius 2 is 1.74 bits per heavy atom. The molecule has 2 N–H and O–H groups in total. The summed E-state index contributed by atoms with van der Waals surface area (Å²) in [6, 6.07) is 19.2. The van der Waals surface area contributed by atoms with Gasteiger partial charge in [0.05, 0.1) is 11.5 Å². The van der Waals surface area contributed by atoms with Crippen LogP contribution < -0.4 is 10.5 Å². The second-order valence-corrected chi connectivity index (χ2v) is 6.15. The van der Waals surface area contributed by atoms with Gasteiger partial charge in [-0.25, -0.2) is 9.97 Å². The van der Waals surface area contributed by atoms with Crippen LogP contribution in [0, 0.1) is 11.3 Å². The van der Waals surface area contributed by atoms with E-state index in [1.807, 2.05) is 72.3 Å². The first-order valence-corrected chi connectivity index (χ1v) is 8.51. The number of anilines is 1. The number of para-hydroxylation sites is 1. The van der Waals surface area contributed by atoms with Gasteiger partial charge in [0.1, 0.15) is 35.3 Å². The number of nitrogen functional groups attached to an aromatic ring is 1. The Morgan fingerprint density at radius 3 is 2.44 bits per heavy atom. The minimum absolute atomic E-state index is 0.365. The number of nitrogens with two attached hydrogens (primary N) is 1. The normalized spacial score (nSPS) is 11.9. The Balaban J connectivity index is 1.75. The highest BCUT2D eigenvalue weighted by Crippen LogP contribution is 2.35. The molecule has 0 aliphatic carbocycles. The SMILES string of the molecule is CC(C#N)n1cc(-c2ccc(Oc3ccccc3)cc2)c2c(N)ncnc21. The number of rotatable bonds is 4. The van der Waals surface area contributed by atoms with E-state index in [9.17, 15) is 5.26 Å². The van der Waals surface area contributed by atoms with Crippen LogP contribution in [0.15, 0.2) is 67.1 Å². The van der Waals surface area contributed by atoms with Gasteiger partial charge in [-0.2, -0.15) is 5.26 Å². The predicted molar refractivity (Wildman–Crippen MR) is 104 cm³/mol. The van der Waals surface area contributed by atoms with Crippen LogP contribution in [0.5, 0.6) is 11.5 Å². The summed E-state index contributed by atoms with van der Waals surface area (Å²) in [5, 5.41) is 10.1. The van der Waals surface area contributed by atoms with E-state index < -0.39 is 0 Å². The molecule has 2 aromatic carbocycles. The fraction of sp³-hybridized carbons (Fsp3) is 0.0952. The number of ether oxygens (including phenoxy) is 1. The van der Waals surface area contributed by atoms with Crippen molar-refractivity contribution in [3.63, 3.8) is 0 Å². The molecule has 4 aromatic rings. The second kappa shape index (κ2) is 6.81. The lowest BCUT2D eigenvalue weighted by Crippen LogP contribution is -2.02. The lowest BCUT2D eigenvalue weighted by molar-refractivity contribution is 0.483. The summed E-state index contributed by atoms with van der Waals surface area (Å²) >= 11 is 0.